The van der Waals surface area contributed by atoms with Crippen LogP contribution in [0.25, 0.3) is 11.2 Å². The van der Waals surface area contributed by atoms with Crippen LogP contribution in [0, 0.1) is 0 Å². The van der Waals surface area contributed by atoms with Crippen LogP contribution >= 0.6 is 27.7 Å². The Kier molecular flexibility index (Phi) is 6.64. The van der Waals surface area contributed by atoms with Gasteiger partial charge in [0.15, 0.2) is 33.6 Å². The van der Waals surface area contributed by atoms with Crippen LogP contribution in [0.4, 0.5) is 5.82 Å². The van der Waals surface area contributed by atoms with Crippen molar-refractivity contribution in [2.45, 2.75) is 23.3 Å². The van der Waals surface area contributed by atoms with Crippen molar-refractivity contribution < 1.29 is 9.47 Å². The number of aromatic nitrogens is 4. The summed E-state index contributed by atoms with van der Waals surface area (Å²) < 4.78 is 13.2. The van der Waals surface area contributed by atoms with E-state index in [1.165, 1.54) is 18.1 Å². The first-order chi connectivity index (χ1) is 16.7. The van der Waals surface area contributed by atoms with Gasteiger partial charge in [-0.3, -0.25) is 0 Å². The van der Waals surface area contributed by atoms with E-state index in [-0.39, 0.29) is 0 Å². The molecule has 0 unspecified atom stereocenters. The lowest BCUT2D eigenvalue weighted by Crippen LogP contribution is -2.01. The molecule has 3 aromatic carbocycles. The summed E-state index contributed by atoms with van der Waals surface area (Å²) in [5, 5.41) is 0.648. The van der Waals surface area contributed by atoms with E-state index < -0.39 is 0 Å². The van der Waals surface area contributed by atoms with E-state index in [1.807, 2.05) is 72.8 Å². The number of nitrogens with one attached hydrogen (secondary N) is 1. The molecule has 3 N–H and O–H groups in total. The highest BCUT2D eigenvalue weighted by atomic mass is 79.9. The normalized spacial score (nSPS) is 11.0. The van der Waals surface area contributed by atoms with Gasteiger partial charge in [0.25, 0.3) is 0 Å². The van der Waals surface area contributed by atoms with Gasteiger partial charge in [-0.1, -0.05) is 72.4 Å². The second-order valence-corrected chi connectivity index (χ2v) is 9.26. The van der Waals surface area contributed by atoms with Crippen molar-refractivity contribution in [3.63, 3.8) is 0 Å². The molecule has 0 atom stereocenters. The lowest BCUT2D eigenvalue weighted by atomic mass is 10.2. The molecule has 0 fully saturated rings. The number of aromatic amines is 1. The summed E-state index contributed by atoms with van der Waals surface area (Å²) in [6.07, 6.45) is 1.41. The van der Waals surface area contributed by atoms with E-state index in [9.17, 15) is 0 Å². The minimum Gasteiger partial charge on any atom is -0.485 e. The van der Waals surface area contributed by atoms with Crippen LogP contribution in [-0.4, -0.2) is 19.9 Å². The van der Waals surface area contributed by atoms with E-state index in [1.54, 1.807) is 0 Å². The molecule has 0 spiro atoms. The Morgan fingerprint density at radius 1 is 0.853 bits per heavy atom. The van der Waals surface area contributed by atoms with Crippen molar-refractivity contribution in [1.29, 1.82) is 0 Å². The highest BCUT2D eigenvalue weighted by Gasteiger charge is 2.16. The number of imidazole rings is 1. The maximum Gasteiger partial charge on any atom is 0.172 e. The first-order valence-electron chi connectivity index (χ1n) is 10.5. The molecule has 0 amide bonds. The molecule has 0 aliphatic heterocycles. The number of ether oxygens (including phenoxy) is 2. The Morgan fingerprint density at radius 3 is 2.09 bits per heavy atom. The molecule has 9 heteroatoms. The monoisotopic (exact) mass is 533 g/mol. The molecule has 170 valence electrons. The van der Waals surface area contributed by atoms with Crippen LogP contribution < -0.4 is 15.2 Å². The van der Waals surface area contributed by atoms with Crippen molar-refractivity contribution in [3.8, 4) is 11.5 Å². The second kappa shape index (κ2) is 10.1. The third-order valence-corrected chi connectivity index (χ3v) is 6.83. The number of nitrogen functional groups attached to an aromatic ring is 1. The van der Waals surface area contributed by atoms with Gasteiger partial charge in [-0.05, 0) is 39.2 Å². The summed E-state index contributed by atoms with van der Waals surface area (Å²) in [7, 11) is 0. The summed E-state index contributed by atoms with van der Waals surface area (Å²) in [5.74, 6) is 1.63. The summed E-state index contributed by atoms with van der Waals surface area (Å²) in [6.45, 7) is 0.855. The maximum atomic E-state index is 6.19. The molecule has 0 bridgehead atoms. The molecule has 34 heavy (non-hydrogen) atoms. The van der Waals surface area contributed by atoms with Gasteiger partial charge >= 0.3 is 0 Å². The zero-order chi connectivity index (χ0) is 23.3. The number of anilines is 1. The molecule has 0 radical (unpaired) electrons. The number of nitrogens with zero attached hydrogens (tertiary/aromatic N) is 3. The van der Waals surface area contributed by atoms with Gasteiger partial charge in [0.2, 0.25) is 0 Å². The van der Waals surface area contributed by atoms with Crippen LogP contribution in [0.3, 0.4) is 0 Å². The third kappa shape index (κ3) is 5.16. The Bertz CT molecular complexity index is 1410. The van der Waals surface area contributed by atoms with Crippen LogP contribution in [0.15, 0.2) is 93.6 Å². The Morgan fingerprint density at radius 2 is 1.47 bits per heavy atom. The SMILES string of the molecule is Nc1ncnc2[nH]c(Sc3cc(OCc4ccccc4)c(OCc4ccccc4)cc3Br)nc12. The van der Waals surface area contributed by atoms with Gasteiger partial charge < -0.3 is 20.2 Å². The fraction of sp³-hybridized carbons (Fsp3) is 0.0800. The van der Waals surface area contributed by atoms with Crippen LogP contribution in [0.2, 0.25) is 0 Å². The van der Waals surface area contributed by atoms with Crippen LogP contribution in [0.1, 0.15) is 11.1 Å². The minimum absolute atomic E-state index is 0.337. The molecular weight excluding hydrogens is 514 g/mol. The van der Waals surface area contributed by atoms with Gasteiger partial charge in [-0.25, -0.2) is 15.0 Å². The van der Waals surface area contributed by atoms with E-state index in [2.05, 4.69) is 35.9 Å². The third-order valence-electron chi connectivity index (χ3n) is 4.97. The summed E-state index contributed by atoms with van der Waals surface area (Å²) >= 11 is 5.10. The smallest absolute Gasteiger partial charge is 0.172 e. The van der Waals surface area contributed by atoms with Gasteiger partial charge in [0.05, 0.1) is 0 Å². The Labute approximate surface area is 208 Å². The molecule has 5 aromatic rings. The lowest BCUT2D eigenvalue weighted by Gasteiger charge is -2.15. The van der Waals surface area contributed by atoms with Gasteiger partial charge in [0, 0.05) is 9.37 Å². The van der Waals surface area contributed by atoms with Crippen molar-refractivity contribution in [1.82, 2.24) is 19.9 Å². The van der Waals surface area contributed by atoms with Crippen molar-refractivity contribution in [2.75, 3.05) is 5.73 Å². The van der Waals surface area contributed by atoms with Gasteiger partial charge in [0.1, 0.15) is 19.5 Å². The molecule has 0 aliphatic rings. The van der Waals surface area contributed by atoms with E-state index in [4.69, 9.17) is 15.2 Å². The Balaban J connectivity index is 1.43. The highest BCUT2D eigenvalue weighted by Crippen LogP contribution is 2.41. The number of rotatable bonds is 8. The van der Waals surface area contributed by atoms with Gasteiger partial charge in [-0.15, -0.1) is 0 Å². The largest absolute Gasteiger partial charge is 0.485 e. The predicted octanol–water partition coefficient (Wildman–Crippen LogP) is 6.01. The number of hydrogen-bond donors (Lipinski definition) is 2. The van der Waals surface area contributed by atoms with Crippen molar-refractivity contribution in [3.05, 3.63) is 94.7 Å². The summed E-state index contributed by atoms with van der Waals surface area (Å²) in [4.78, 5) is 16.8. The highest BCUT2D eigenvalue weighted by molar-refractivity contribution is 9.10. The molecule has 0 aliphatic carbocycles. The second-order valence-electron chi connectivity index (χ2n) is 7.38. The fourth-order valence-electron chi connectivity index (χ4n) is 3.27. The fourth-order valence-corrected chi connectivity index (χ4v) is 4.65. The molecular formula is C25H20BrN5O2S. The van der Waals surface area contributed by atoms with E-state index in [0.29, 0.717) is 46.9 Å². The van der Waals surface area contributed by atoms with Crippen molar-refractivity contribution >= 4 is 44.7 Å². The molecule has 7 nitrogen and oxygen atoms in total. The molecule has 2 heterocycles. The number of benzene rings is 3. The molecule has 5 rings (SSSR count). The van der Waals surface area contributed by atoms with Gasteiger partial charge in [-0.2, -0.15) is 0 Å². The quantitative estimate of drug-likeness (QED) is 0.252. The number of hydrogen-bond acceptors (Lipinski definition) is 7. The molecule has 0 saturated carbocycles. The number of fused-ring (bicyclic) bond motifs is 1. The topological polar surface area (TPSA) is 98.9 Å². The van der Waals surface area contributed by atoms with E-state index in [0.717, 1.165) is 20.5 Å². The zero-order valence-electron chi connectivity index (χ0n) is 17.9. The summed E-state index contributed by atoms with van der Waals surface area (Å²) in [6, 6.07) is 23.9. The standard InChI is InChI=1S/C25H20BrN5O2S/c26-18-11-19(32-13-16-7-3-1-4-8-16)20(33-14-17-9-5-2-6-10-17)12-21(18)34-25-30-22-23(27)28-15-29-24(22)31-25/h1-12,15H,13-14H2,(H3,27,28,29,30,31). The number of nitrogens with two attached hydrogens (primary N) is 1. The summed E-state index contributed by atoms with van der Waals surface area (Å²) in [5.41, 5.74) is 9.21. The number of H-pyrrole nitrogens is 1. The average Bonchev–Trinajstić information content (AvgIpc) is 3.28. The van der Waals surface area contributed by atoms with Crippen LogP contribution in [0.5, 0.6) is 11.5 Å². The predicted molar refractivity (Wildman–Crippen MR) is 136 cm³/mol. The Hall–Kier alpha value is -3.56. The first kappa shape index (κ1) is 22.2. The first-order valence-corrected chi connectivity index (χ1v) is 12.1. The van der Waals surface area contributed by atoms with Crippen molar-refractivity contribution in [2.24, 2.45) is 0 Å². The molecule has 0 saturated heterocycles. The van der Waals surface area contributed by atoms with Crippen LogP contribution in [-0.2, 0) is 13.2 Å². The minimum atomic E-state index is 0.337. The average molecular weight is 534 g/mol. The maximum absolute atomic E-state index is 6.19. The van der Waals surface area contributed by atoms with E-state index >= 15 is 0 Å². The zero-order valence-corrected chi connectivity index (χ0v) is 20.3. The number of halogens is 1. The molecule has 2 aromatic heterocycles. The lowest BCUT2D eigenvalue weighted by molar-refractivity contribution is 0.255.